The summed E-state index contributed by atoms with van der Waals surface area (Å²) in [6, 6.07) is 17.1. The topological polar surface area (TPSA) is 116 Å². The number of guanidine groups is 1. The van der Waals surface area contributed by atoms with Crippen molar-refractivity contribution in [3.8, 4) is 22.4 Å². The van der Waals surface area contributed by atoms with E-state index >= 15 is 0 Å². The molecule has 49 heavy (non-hydrogen) atoms. The molecule has 0 saturated heterocycles. The number of halogens is 3. The number of nitrogens with zero attached hydrogens (tertiary/aromatic N) is 5. The number of ether oxygens (including phenoxy) is 1. The highest BCUT2D eigenvalue weighted by Gasteiger charge is 2.53. The van der Waals surface area contributed by atoms with Crippen LogP contribution in [0.4, 0.5) is 8.78 Å². The lowest BCUT2D eigenvalue weighted by molar-refractivity contribution is -0.148. The van der Waals surface area contributed by atoms with Crippen molar-refractivity contribution in [2.75, 3.05) is 6.61 Å². The molecular weight excluding hydrogens is 650 g/mol. The summed E-state index contributed by atoms with van der Waals surface area (Å²) in [5.41, 5.74) is 8.51. The van der Waals surface area contributed by atoms with Gasteiger partial charge >= 0.3 is 12.5 Å². The molecule has 2 N–H and O–H groups in total. The standard InChI is InChI=1S/C37H39ClF2N6O3/c1-35(2,3)22-37(26-11-8-23(9-12-26)25-19-43-45(20-25)33(39)40)32(48)46(34(41)44-37)30(21-49-31(47)18-36(4)14-15-36)24-10-13-28(38)27(17-24)29-7-5-6-16-42-29/h5-13,16-17,19-20,30,33H,14-15,18,21-22H2,1-4H3,(H2,41,44)/t30-,37-/m1/s1. The second kappa shape index (κ2) is 13.0. The molecule has 1 aliphatic carbocycles. The molecule has 1 fully saturated rings. The summed E-state index contributed by atoms with van der Waals surface area (Å²) in [5.74, 6) is -0.735. The number of hydrogen-bond acceptors (Lipinski definition) is 7. The Kier molecular flexibility index (Phi) is 9.08. The van der Waals surface area contributed by atoms with Gasteiger partial charge in [0.25, 0.3) is 5.91 Å². The first-order chi connectivity index (χ1) is 23.2. The van der Waals surface area contributed by atoms with Gasteiger partial charge in [-0.3, -0.25) is 19.5 Å². The number of amides is 1. The van der Waals surface area contributed by atoms with Crippen molar-refractivity contribution in [3.63, 3.8) is 0 Å². The lowest BCUT2D eigenvalue weighted by Gasteiger charge is -2.35. The number of nitrogens with two attached hydrogens (primary N) is 1. The zero-order valence-electron chi connectivity index (χ0n) is 27.9. The Morgan fingerprint density at radius 3 is 2.43 bits per heavy atom. The number of rotatable bonds is 11. The van der Waals surface area contributed by atoms with Crippen LogP contribution in [0.15, 0.2) is 84.2 Å². The molecule has 2 aliphatic rings. The van der Waals surface area contributed by atoms with E-state index in [1.54, 1.807) is 42.6 Å². The van der Waals surface area contributed by atoms with E-state index in [-0.39, 0.29) is 41.7 Å². The minimum atomic E-state index is -2.76. The van der Waals surface area contributed by atoms with Crippen LogP contribution >= 0.6 is 11.6 Å². The van der Waals surface area contributed by atoms with E-state index < -0.39 is 18.1 Å². The third-order valence-electron chi connectivity index (χ3n) is 9.11. The van der Waals surface area contributed by atoms with Gasteiger partial charge in [0, 0.05) is 28.5 Å². The van der Waals surface area contributed by atoms with Crippen LogP contribution in [-0.4, -0.2) is 44.1 Å². The van der Waals surface area contributed by atoms with Gasteiger partial charge in [-0.1, -0.05) is 75.7 Å². The molecule has 1 saturated carbocycles. The van der Waals surface area contributed by atoms with Gasteiger partial charge in [0.15, 0.2) is 11.5 Å². The van der Waals surface area contributed by atoms with Gasteiger partial charge in [0.05, 0.1) is 24.4 Å². The predicted molar refractivity (Wildman–Crippen MR) is 183 cm³/mol. The molecule has 0 bridgehead atoms. The van der Waals surface area contributed by atoms with Crippen molar-refractivity contribution in [3.05, 3.63) is 95.4 Å². The lowest BCUT2D eigenvalue weighted by Crippen LogP contribution is -2.47. The van der Waals surface area contributed by atoms with Crippen molar-refractivity contribution in [1.29, 1.82) is 0 Å². The number of aliphatic imine (C=N–C) groups is 1. The van der Waals surface area contributed by atoms with Crippen LogP contribution in [-0.2, 0) is 19.9 Å². The van der Waals surface area contributed by atoms with Crippen molar-refractivity contribution < 1.29 is 23.1 Å². The van der Waals surface area contributed by atoms with E-state index in [9.17, 15) is 18.4 Å². The zero-order chi connectivity index (χ0) is 35.1. The molecule has 2 atom stereocenters. The summed E-state index contributed by atoms with van der Waals surface area (Å²) in [6.07, 6.45) is 6.82. The van der Waals surface area contributed by atoms with E-state index in [0.717, 1.165) is 12.8 Å². The van der Waals surface area contributed by atoms with Gasteiger partial charge in [-0.05, 0) is 71.0 Å². The third kappa shape index (κ3) is 7.22. The Morgan fingerprint density at radius 2 is 1.82 bits per heavy atom. The highest BCUT2D eigenvalue weighted by atomic mass is 35.5. The number of hydrogen-bond donors (Lipinski definition) is 1. The average Bonchev–Trinajstić information content (AvgIpc) is 3.46. The van der Waals surface area contributed by atoms with Crippen molar-refractivity contribution >= 4 is 29.4 Å². The van der Waals surface area contributed by atoms with Gasteiger partial charge < -0.3 is 10.5 Å². The molecule has 0 spiro atoms. The molecular formula is C37H39ClF2N6O3. The maximum atomic E-state index is 14.9. The van der Waals surface area contributed by atoms with Crippen LogP contribution in [0.2, 0.25) is 5.02 Å². The van der Waals surface area contributed by atoms with Crippen LogP contribution in [0.3, 0.4) is 0 Å². The Balaban J connectivity index is 1.39. The quantitative estimate of drug-likeness (QED) is 0.160. The SMILES string of the molecule is CC(C)(C)C[C@]1(c2ccc(-c3cnn(C(F)F)c3)cc2)N=C(N)N([C@H](COC(=O)CC2(C)CC2)c2ccc(Cl)c(-c3ccccn3)c2)C1=O. The Labute approximate surface area is 289 Å². The molecule has 9 nitrogen and oxygen atoms in total. The highest BCUT2D eigenvalue weighted by molar-refractivity contribution is 6.33. The first-order valence-electron chi connectivity index (χ1n) is 16.2. The molecule has 2 aromatic heterocycles. The summed E-state index contributed by atoms with van der Waals surface area (Å²) in [4.78, 5) is 38.7. The number of carbonyl (C=O) groups excluding carboxylic acids is 2. The second-order valence-electron chi connectivity index (χ2n) is 14.4. The minimum absolute atomic E-state index is 0.0129. The number of pyridine rings is 1. The van der Waals surface area contributed by atoms with E-state index in [2.05, 4.69) is 17.0 Å². The van der Waals surface area contributed by atoms with Crippen LogP contribution in [0.1, 0.15) is 77.1 Å². The van der Waals surface area contributed by atoms with Crippen LogP contribution in [0, 0.1) is 10.8 Å². The Hall–Kier alpha value is -4.64. The van der Waals surface area contributed by atoms with Gasteiger partial charge in [0.2, 0.25) is 0 Å². The number of carbonyl (C=O) groups is 2. The molecule has 12 heteroatoms. The van der Waals surface area contributed by atoms with Gasteiger partial charge in [-0.2, -0.15) is 13.9 Å². The molecule has 1 aliphatic heterocycles. The van der Waals surface area contributed by atoms with Crippen LogP contribution in [0.5, 0.6) is 0 Å². The van der Waals surface area contributed by atoms with E-state index in [1.807, 2.05) is 45.0 Å². The van der Waals surface area contributed by atoms with E-state index in [1.165, 1.54) is 17.3 Å². The maximum Gasteiger partial charge on any atom is 0.333 e. The lowest BCUT2D eigenvalue weighted by atomic mass is 9.75. The zero-order valence-corrected chi connectivity index (χ0v) is 28.6. The first kappa shape index (κ1) is 34.2. The van der Waals surface area contributed by atoms with E-state index in [0.29, 0.717) is 49.6 Å². The fraction of sp³-hybridized carbons (Fsp3) is 0.378. The summed E-state index contributed by atoms with van der Waals surface area (Å²) in [6.45, 7) is 5.18. The van der Waals surface area contributed by atoms with Crippen LogP contribution in [0.25, 0.3) is 22.4 Å². The highest BCUT2D eigenvalue weighted by Crippen LogP contribution is 2.49. The molecule has 1 amide bonds. The molecule has 2 aromatic carbocycles. The summed E-state index contributed by atoms with van der Waals surface area (Å²) < 4.78 is 32.8. The van der Waals surface area contributed by atoms with Crippen molar-refractivity contribution in [1.82, 2.24) is 19.7 Å². The largest absolute Gasteiger partial charge is 0.463 e. The second-order valence-corrected chi connectivity index (χ2v) is 14.9. The van der Waals surface area contributed by atoms with Gasteiger partial charge in [0.1, 0.15) is 6.61 Å². The summed E-state index contributed by atoms with van der Waals surface area (Å²) in [5, 5.41) is 4.21. The molecule has 256 valence electrons. The van der Waals surface area contributed by atoms with Crippen molar-refractivity contribution in [2.45, 2.75) is 71.5 Å². The molecule has 0 unspecified atom stereocenters. The smallest absolute Gasteiger partial charge is 0.333 e. The molecule has 6 rings (SSSR count). The van der Waals surface area contributed by atoms with Crippen molar-refractivity contribution in [2.24, 2.45) is 21.6 Å². The average molecular weight is 689 g/mol. The fourth-order valence-corrected chi connectivity index (χ4v) is 6.57. The first-order valence-corrected chi connectivity index (χ1v) is 16.5. The predicted octanol–water partition coefficient (Wildman–Crippen LogP) is 7.92. The fourth-order valence-electron chi connectivity index (χ4n) is 6.36. The van der Waals surface area contributed by atoms with Gasteiger partial charge in [-0.25, -0.2) is 9.67 Å². The Bertz CT molecular complexity index is 1890. The number of benzene rings is 2. The summed E-state index contributed by atoms with van der Waals surface area (Å²) >= 11 is 6.63. The van der Waals surface area contributed by atoms with E-state index in [4.69, 9.17) is 27.1 Å². The number of esters is 1. The normalized spacial score (nSPS) is 19.2. The van der Waals surface area contributed by atoms with Gasteiger partial charge in [-0.15, -0.1) is 0 Å². The third-order valence-corrected chi connectivity index (χ3v) is 9.44. The Morgan fingerprint density at radius 1 is 1.08 bits per heavy atom. The number of aromatic nitrogens is 3. The summed E-state index contributed by atoms with van der Waals surface area (Å²) in [7, 11) is 0. The monoisotopic (exact) mass is 688 g/mol. The molecule has 4 aromatic rings. The maximum absolute atomic E-state index is 14.9. The van der Waals surface area contributed by atoms with Crippen LogP contribution < -0.4 is 5.73 Å². The molecule has 3 heterocycles. The number of alkyl halides is 2. The molecule has 0 radical (unpaired) electrons. The minimum Gasteiger partial charge on any atom is -0.463 e.